The fourth-order valence-electron chi connectivity index (χ4n) is 0.549. The van der Waals surface area contributed by atoms with Crippen LogP contribution in [-0.2, 0) is 13.8 Å². The van der Waals surface area contributed by atoms with Gasteiger partial charge in [-0.05, 0) is 12.8 Å². The van der Waals surface area contributed by atoms with Crippen molar-refractivity contribution in [1.82, 2.24) is 0 Å². The molecule has 1 aliphatic rings. The van der Waals surface area contributed by atoms with Gasteiger partial charge in [0, 0.05) is 10.7 Å². The minimum absolute atomic E-state index is 0.0783. The van der Waals surface area contributed by atoms with Crippen molar-refractivity contribution in [3.63, 3.8) is 0 Å². The summed E-state index contributed by atoms with van der Waals surface area (Å²) in [5, 5.41) is 0. The first-order chi connectivity index (χ1) is 4.58. The molecule has 1 aliphatic carbocycles. The fraction of sp³-hybridized carbons (Fsp3) is 1.00. The molecule has 0 spiro atoms. The first kappa shape index (κ1) is 8.30. The maximum absolute atomic E-state index is 10.3. The third kappa shape index (κ3) is 4.09. The van der Waals surface area contributed by atoms with Gasteiger partial charge in [0.15, 0.2) is 0 Å². The summed E-state index contributed by atoms with van der Waals surface area (Å²) in [6.45, 7) is 0.233. The summed E-state index contributed by atoms with van der Waals surface area (Å²) < 4.78 is 25.7. The van der Waals surface area contributed by atoms with Crippen LogP contribution in [0, 0.1) is 0 Å². The van der Waals surface area contributed by atoms with E-state index < -0.39 is 9.05 Å². The second-order valence-corrected chi connectivity index (χ2v) is 5.21. The van der Waals surface area contributed by atoms with Crippen molar-refractivity contribution in [2.24, 2.45) is 0 Å². The molecule has 0 aromatic carbocycles. The lowest BCUT2D eigenvalue weighted by Crippen LogP contribution is -2.07. The molecule has 0 unspecified atom stereocenters. The monoisotopic (exact) mass is 184 g/mol. The molecule has 0 aromatic rings. The lowest BCUT2D eigenvalue weighted by Gasteiger charge is -1.97. The van der Waals surface area contributed by atoms with Gasteiger partial charge in [0.25, 0.3) is 0 Å². The highest BCUT2D eigenvalue weighted by Crippen LogP contribution is 2.23. The molecule has 0 aliphatic heterocycles. The molecule has 1 fully saturated rings. The zero-order chi connectivity index (χ0) is 7.61. The van der Waals surface area contributed by atoms with Gasteiger partial charge >= 0.3 is 0 Å². The first-order valence-electron chi connectivity index (χ1n) is 3.12. The molecule has 0 saturated heterocycles. The van der Waals surface area contributed by atoms with Crippen molar-refractivity contribution in [2.75, 3.05) is 12.4 Å². The van der Waals surface area contributed by atoms with E-state index in [4.69, 9.17) is 15.4 Å². The van der Waals surface area contributed by atoms with E-state index in [0.29, 0.717) is 6.10 Å². The summed E-state index contributed by atoms with van der Waals surface area (Å²) >= 11 is 0. The first-order valence-corrected chi connectivity index (χ1v) is 5.60. The fourth-order valence-corrected chi connectivity index (χ4v) is 1.03. The van der Waals surface area contributed by atoms with Crippen molar-refractivity contribution in [3.8, 4) is 0 Å². The van der Waals surface area contributed by atoms with E-state index >= 15 is 0 Å². The average Bonchev–Trinajstić information content (AvgIpc) is 2.45. The molecule has 60 valence electrons. The van der Waals surface area contributed by atoms with E-state index in [-0.39, 0.29) is 12.4 Å². The predicted molar refractivity (Wildman–Crippen MR) is 38.6 cm³/mol. The Morgan fingerprint density at radius 1 is 1.50 bits per heavy atom. The highest BCUT2D eigenvalue weighted by Gasteiger charge is 2.22. The standard InChI is InChI=1S/C5H9ClO3S/c6-10(7,8)4-3-9-5-1-2-5/h5H,1-4H2. The Balaban J connectivity index is 2.04. The van der Waals surface area contributed by atoms with Crippen LogP contribution in [0.2, 0.25) is 0 Å². The number of hydrogen-bond donors (Lipinski definition) is 0. The molecule has 1 rings (SSSR count). The third-order valence-corrected chi connectivity index (χ3v) is 2.32. The minimum Gasteiger partial charge on any atom is -0.377 e. The molecular weight excluding hydrogens is 176 g/mol. The summed E-state index contributed by atoms with van der Waals surface area (Å²) in [4.78, 5) is 0. The highest BCUT2D eigenvalue weighted by atomic mass is 35.7. The molecule has 0 bridgehead atoms. The van der Waals surface area contributed by atoms with Crippen LogP contribution in [0.15, 0.2) is 0 Å². The SMILES string of the molecule is O=S(=O)(Cl)CCOC1CC1. The lowest BCUT2D eigenvalue weighted by atomic mass is 10.8. The Kier molecular flexibility index (Phi) is 2.55. The Morgan fingerprint density at radius 2 is 2.10 bits per heavy atom. The van der Waals surface area contributed by atoms with Crippen LogP contribution in [0.3, 0.4) is 0 Å². The van der Waals surface area contributed by atoms with Gasteiger partial charge in [-0.25, -0.2) is 8.42 Å². The highest BCUT2D eigenvalue weighted by molar-refractivity contribution is 8.13. The number of ether oxygens (including phenoxy) is 1. The molecule has 0 heterocycles. The second-order valence-electron chi connectivity index (χ2n) is 2.31. The summed E-state index contributed by atoms with van der Waals surface area (Å²) in [7, 11) is 1.58. The smallest absolute Gasteiger partial charge is 0.234 e. The molecule has 0 radical (unpaired) electrons. The van der Waals surface area contributed by atoms with Gasteiger partial charge in [0.2, 0.25) is 9.05 Å². The summed E-state index contributed by atoms with van der Waals surface area (Å²) in [6, 6.07) is 0. The van der Waals surface area contributed by atoms with E-state index in [2.05, 4.69) is 0 Å². The van der Waals surface area contributed by atoms with Crippen molar-refractivity contribution in [3.05, 3.63) is 0 Å². The van der Waals surface area contributed by atoms with Crippen LogP contribution >= 0.6 is 10.7 Å². The maximum Gasteiger partial charge on any atom is 0.234 e. The van der Waals surface area contributed by atoms with Gasteiger partial charge < -0.3 is 4.74 Å². The van der Waals surface area contributed by atoms with E-state index in [1.165, 1.54) is 0 Å². The maximum atomic E-state index is 10.3. The molecule has 1 saturated carbocycles. The van der Waals surface area contributed by atoms with Crippen LogP contribution in [0.1, 0.15) is 12.8 Å². The molecule has 3 nitrogen and oxygen atoms in total. The molecule has 10 heavy (non-hydrogen) atoms. The van der Waals surface area contributed by atoms with Crippen LogP contribution < -0.4 is 0 Å². The summed E-state index contributed by atoms with van der Waals surface area (Å²) in [5.41, 5.74) is 0. The minimum atomic E-state index is -3.34. The van der Waals surface area contributed by atoms with Gasteiger partial charge in [0.1, 0.15) is 0 Å². The Morgan fingerprint density at radius 3 is 2.50 bits per heavy atom. The number of hydrogen-bond acceptors (Lipinski definition) is 3. The zero-order valence-electron chi connectivity index (χ0n) is 5.42. The molecule has 5 heteroatoms. The largest absolute Gasteiger partial charge is 0.377 e. The predicted octanol–water partition coefficient (Wildman–Crippen LogP) is 0.734. The van der Waals surface area contributed by atoms with Gasteiger partial charge in [-0.2, -0.15) is 0 Å². The molecule has 0 amide bonds. The van der Waals surface area contributed by atoms with Gasteiger partial charge in [-0.3, -0.25) is 0 Å². The number of halogens is 1. The van der Waals surface area contributed by atoms with E-state index in [1.807, 2.05) is 0 Å². The Hall–Kier alpha value is 0.200. The average molecular weight is 185 g/mol. The molecule has 0 atom stereocenters. The third-order valence-electron chi connectivity index (χ3n) is 1.21. The van der Waals surface area contributed by atoms with Crippen molar-refractivity contribution in [2.45, 2.75) is 18.9 Å². The topological polar surface area (TPSA) is 43.4 Å². The molecule has 0 aromatic heterocycles. The van der Waals surface area contributed by atoms with Crippen molar-refractivity contribution in [1.29, 1.82) is 0 Å². The van der Waals surface area contributed by atoms with E-state index in [9.17, 15) is 8.42 Å². The van der Waals surface area contributed by atoms with E-state index in [0.717, 1.165) is 12.8 Å². The zero-order valence-corrected chi connectivity index (χ0v) is 6.99. The Bertz CT molecular complexity index is 195. The van der Waals surface area contributed by atoms with Crippen molar-refractivity contribution >= 4 is 19.7 Å². The molecule has 0 N–H and O–H groups in total. The van der Waals surface area contributed by atoms with Gasteiger partial charge in [-0.1, -0.05) is 0 Å². The summed E-state index contributed by atoms with van der Waals surface area (Å²) in [5.74, 6) is -0.0783. The second kappa shape index (κ2) is 3.07. The van der Waals surface area contributed by atoms with Crippen LogP contribution in [0.5, 0.6) is 0 Å². The quantitative estimate of drug-likeness (QED) is 0.606. The number of rotatable bonds is 4. The summed E-state index contributed by atoms with van der Waals surface area (Å²) in [6.07, 6.45) is 2.42. The van der Waals surface area contributed by atoms with Gasteiger partial charge in [-0.15, -0.1) is 0 Å². The van der Waals surface area contributed by atoms with Crippen LogP contribution in [0.25, 0.3) is 0 Å². The molecular formula is C5H9ClO3S. The van der Waals surface area contributed by atoms with Crippen LogP contribution in [0.4, 0.5) is 0 Å². The van der Waals surface area contributed by atoms with E-state index in [1.54, 1.807) is 0 Å². The van der Waals surface area contributed by atoms with Crippen molar-refractivity contribution < 1.29 is 13.2 Å². The van der Waals surface area contributed by atoms with Crippen LogP contribution in [-0.4, -0.2) is 26.9 Å². The van der Waals surface area contributed by atoms with Gasteiger partial charge in [0.05, 0.1) is 18.5 Å². The normalized spacial score (nSPS) is 19.3. The lowest BCUT2D eigenvalue weighted by molar-refractivity contribution is 0.134. The Labute approximate surface area is 64.7 Å².